The maximum Gasteiger partial charge on any atom is 0.158 e. The third-order valence-electron chi connectivity index (χ3n) is 5.75. The van der Waals surface area contributed by atoms with Crippen molar-refractivity contribution < 1.29 is 9.53 Å². The van der Waals surface area contributed by atoms with Crippen molar-refractivity contribution in [1.29, 1.82) is 0 Å². The van der Waals surface area contributed by atoms with Crippen LogP contribution in [0, 0.1) is 10.8 Å². The third-order valence-corrected chi connectivity index (χ3v) is 5.75. The Hall–Kier alpha value is -0.890. The number of Topliss-reactive ketones (excluding diaryl/α,β-unsaturated/α-hetero) is 1. The minimum absolute atomic E-state index is 0.0531. The first kappa shape index (κ1) is 12.2. The van der Waals surface area contributed by atoms with Crippen molar-refractivity contribution in [1.82, 2.24) is 0 Å². The van der Waals surface area contributed by atoms with Crippen LogP contribution in [0.5, 0.6) is 0 Å². The first-order valence-corrected chi connectivity index (χ1v) is 7.01. The molecule has 2 heteroatoms. The lowest BCUT2D eigenvalue weighted by atomic mass is 9.54. The summed E-state index contributed by atoms with van der Waals surface area (Å²) in [5, 5.41) is 0. The van der Waals surface area contributed by atoms with Gasteiger partial charge in [-0.05, 0) is 38.2 Å². The van der Waals surface area contributed by atoms with Crippen molar-refractivity contribution in [3.63, 3.8) is 0 Å². The van der Waals surface area contributed by atoms with E-state index in [2.05, 4.69) is 26.5 Å². The van der Waals surface area contributed by atoms with Crippen molar-refractivity contribution in [2.75, 3.05) is 6.61 Å². The summed E-state index contributed by atoms with van der Waals surface area (Å²) in [4.78, 5) is 11.9. The van der Waals surface area contributed by atoms with E-state index in [0.717, 1.165) is 37.9 Å². The maximum absolute atomic E-state index is 11.9. The van der Waals surface area contributed by atoms with Gasteiger partial charge in [-0.3, -0.25) is 4.79 Å². The second kappa shape index (κ2) is 3.80. The number of hydrogen-bond acceptors (Lipinski definition) is 2. The molecule has 2 fully saturated rings. The highest BCUT2D eigenvalue weighted by atomic mass is 16.5. The van der Waals surface area contributed by atoms with Crippen LogP contribution in [0.4, 0.5) is 0 Å². The molecule has 0 amide bonds. The van der Waals surface area contributed by atoms with Crippen molar-refractivity contribution in [2.24, 2.45) is 10.8 Å². The molecule has 2 aliphatic carbocycles. The molecule has 3 rings (SSSR count). The van der Waals surface area contributed by atoms with E-state index in [0.29, 0.717) is 6.42 Å². The average molecular weight is 246 g/mol. The Morgan fingerprint density at radius 1 is 1.33 bits per heavy atom. The second-order valence-electron chi connectivity index (χ2n) is 6.44. The van der Waals surface area contributed by atoms with E-state index >= 15 is 0 Å². The standard InChI is InChI=1S/C16H22O2/c1-11-4-7-16(8-9-18-14(16)10-11)15(3)6-5-13(17)12(15)2/h10,14H,2,4-9H2,1,3H3/t14-,15-,16+/m0/s1. The number of carbonyl (C=O) groups excluding carboxylic acids is 1. The molecule has 3 atom stereocenters. The van der Waals surface area contributed by atoms with E-state index in [-0.39, 0.29) is 22.7 Å². The minimum atomic E-state index is -0.0531. The Kier molecular flexibility index (Phi) is 2.57. The molecule has 0 spiro atoms. The summed E-state index contributed by atoms with van der Waals surface area (Å²) in [5.41, 5.74) is 2.35. The van der Waals surface area contributed by atoms with Crippen LogP contribution in [0.25, 0.3) is 0 Å². The number of fused-ring (bicyclic) bond motifs is 1. The summed E-state index contributed by atoms with van der Waals surface area (Å²) in [6.45, 7) is 9.37. The molecule has 18 heavy (non-hydrogen) atoms. The zero-order chi connectivity index (χ0) is 13.0. The number of carbonyl (C=O) groups is 1. The molecule has 3 aliphatic rings. The fraction of sp³-hybridized carbons (Fsp3) is 0.688. The summed E-state index contributed by atoms with van der Waals surface area (Å²) in [7, 11) is 0. The van der Waals surface area contributed by atoms with Crippen molar-refractivity contribution in [3.05, 3.63) is 23.8 Å². The first-order chi connectivity index (χ1) is 8.49. The van der Waals surface area contributed by atoms with Crippen molar-refractivity contribution in [2.45, 2.75) is 52.1 Å². The van der Waals surface area contributed by atoms with Crippen LogP contribution in [-0.2, 0) is 9.53 Å². The molecular formula is C16H22O2. The van der Waals surface area contributed by atoms with E-state index in [4.69, 9.17) is 4.74 Å². The van der Waals surface area contributed by atoms with Gasteiger partial charge in [0.05, 0.1) is 6.10 Å². The normalized spacial score (nSPS) is 44.1. The van der Waals surface area contributed by atoms with Crippen LogP contribution < -0.4 is 0 Å². The lowest BCUT2D eigenvalue weighted by Crippen LogP contribution is -2.46. The summed E-state index contributed by atoms with van der Waals surface area (Å²) in [6, 6.07) is 0. The van der Waals surface area contributed by atoms with Gasteiger partial charge in [0.15, 0.2) is 5.78 Å². The summed E-state index contributed by atoms with van der Waals surface area (Å²) >= 11 is 0. The molecule has 1 aliphatic heterocycles. The lowest BCUT2D eigenvalue weighted by molar-refractivity contribution is -0.114. The van der Waals surface area contributed by atoms with Crippen LogP contribution in [0.1, 0.15) is 46.0 Å². The van der Waals surface area contributed by atoms with Gasteiger partial charge in [-0.15, -0.1) is 0 Å². The van der Waals surface area contributed by atoms with E-state index in [1.807, 2.05) is 0 Å². The zero-order valence-corrected chi connectivity index (χ0v) is 11.4. The van der Waals surface area contributed by atoms with E-state index in [9.17, 15) is 4.79 Å². The van der Waals surface area contributed by atoms with Gasteiger partial charge in [0.1, 0.15) is 0 Å². The predicted molar refractivity (Wildman–Crippen MR) is 71.3 cm³/mol. The molecule has 1 saturated heterocycles. The number of allylic oxidation sites excluding steroid dienone is 2. The van der Waals surface area contributed by atoms with E-state index < -0.39 is 0 Å². The summed E-state index contributed by atoms with van der Waals surface area (Å²) < 4.78 is 5.96. The number of ketones is 1. The Morgan fingerprint density at radius 3 is 2.78 bits per heavy atom. The van der Waals surface area contributed by atoms with Gasteiger partial charge in [-0.2, -0.15) is 0 Å². The molecule has 0 aromatic heterocycles. The largest absolute Gasteiger partial charge is 0.374 e. The molecule has 1 heterocycles. The van der Waals surface area contributed by atoms with Gasteiger partial charge in [0.25, 0.3) is 0 Å². The van der Waals surface area contributed by atoms with Gasteiger partial charge in [-0.1, -0.05) is 25.2 Å². The highest BCUT2D eigenvalue weighted by molar-refractivity contribution is 5.98. The van der Waals surface area contributed by atoms with Crippen LogP contribution >= 0.6 is 0 Å². The topological polar surface area (TPSA) is 26.3 Å². The molecule has 0 N–H and O–H groups in total. The Morgan fingerprint density at radius 2 is 2.11 bits per heavy atom. The molecule has 1 saturated carbocycles. The number of rotatable bonds is 1. The number of ether oxygens (including phenoxy) is 1. The zero-order valence-electron chi connectivity index (χ0n) is 11.4. The highest BCUT2D eigenvalue weighted by Crippen LogP contribution is 2.62. The fourth-order valence-electron chi connectivity index (χ4n) is 4.29. The summed E-state index contributed by atoms with van der Waals surface area (Å²) in [6.07, 6.45) is 7.46. The fourth-order valence-corrected chi connectivity index (χ4v) is 4.29. The smallest absolute Gasteiger partial charge is 0.158 e. The van der Waals surface area contributed by atoms with Crippen molar-refractivity contribution >= 4 is 5.78 Å². The quantitative estimate of drug-likeness (QED) is 0.523. The first-order valence-electron chi connectivity index (χ1n) is 7.01. The van der Waals surface area contributed by atoms with Gasteiger partial charge in [-0.25, -0.2) is 0 Å². The molecule has 98 valence electrons. The Balaban J connectivity index is 2.04. The van der Waals surface area contributed by atoms with Crippen LogP contribution in [0.2, 0.25) is 0 Å². The van der Waals surface area contributed by atoms with Crippen molar-refractivity contribution in [3.8, 4) is 0 Å². The molecule has 0 aromatic carbocycles. The number of hydrogen-bond donors (Lipinski definition) is 0. The van der Waals surface area contributed by atoms with Crippen LogP contribution in [0.3, 0.4) is 0 Å². The van der Waals surface area contributed by atoms with Gasteiger partial charge in [0.2, 0.25) is 0 Å². The Labute approximate surface area is 109 Å². The minimum Gasteiger partial charge on any atom is -0.374 e. The lowest BCUT2D eigenvalue weighted by Gasteiger charge is -2.49. The van der Waals surface area contributed by atoms with E-state index in [1.165, 1.54) is 5.57 Å². The molecule has 2 nitrogen and oxygen atoms in total. The monoisotopic (exact) mass is 246 g/mol. The SMILES string of the molecule is C=C1C(=O)CC[C@]1(C)[C@]12CCO[C@H]1C=C(C)CC2. The maximum atomic E-state index is 11.9. The second-order valence-corrected chi connectivity index (χ2v) is 6.44. The third kappa shape index (κ3) is 1.36. The average Bonchev–Trinajstić information content (AvgIpc) is 2.88. The van der Waals surface area contributed by atoms with Crippen LogP contribution in [0.15, 0.2) is 23.8 Å². The molecule has 0 aromatic rings. The predicted octanol–water partition coefficient (Wildman–Crippen LogP) is 3.43. The van der Waals surface area contributed by atoms with E-state index in [1.54, 1.807) is 0 Å². The Bertz CT molecular complexity index is 448. The van der Waals surface area contributed by atoms with Gasteiger partial charge >= 0.3 is 0 Å². The van der Waals surface area contributed by atoms with Gasteiger partial charge < -0.3 is 4.74 Å². The van der Waals surface area contributed by atoms with Gasteiger partial charge in [0, 0.05) is 23.9 Å². The molecule has 0 bridgehead atoms. The van der Waals surface area contributed by atoms with Crippen LogP contribution in [-0.4, -0.2) is 18.5 Å². The molecule has 0 unspecified atom stereocenters. The summed E-state index contributed by atoms with van der Waals surface area (Å²) in [5.74, 6) is 0.267. The highest BCUT2D eigenvalue weighted by Gasteiger charge is 2.59. The molecular weight excluding hydrogens is 224 g/mol. The molecule has 0 radical (unpaired) electrons.